The third-order valence-electron chi connectivity index (χ3n) is 4.37. The molecule has 0 unspecified atom stereocenters. The van der Waals surface area contributed by atoms with E-state index in [2.05, 4.69) is 15.2 Å². The Kier molecular flexibility index (Phi) is 3.65. The van der Waals surface area contributed by atoms with E-state index in [1.807, 2.05) is 18.2 Å². The van der Waals surface area contributed by atoms with Crippen LogP contribution in [0, 0.1) is 0 Å². The van der Waals surface area contributed by atoms with Crippen LogP contribution in [-0.4, -0.2) is 40.5 Å². The number of rotatable bonds is 2. The van der Waals surface area contributed by atoms with Gasteiger partial charge in [0.05, 0.1) is 6.54 Å². The Bertz CT molecular complexity index is 731. The van der Waals surface area contributed by atoms with E-state index in [9.17, 15) is 4.79 Å². The first kappa shape index (κ1) is 14.1. The summed E-state index contributed by atoms with van der Waals surface area (Å²) in [5.41, 5.74) is 3.10. The molecule has 1 N–H and O–H groups in total. The summed E-state index contributed by atoms with van der Waals surface area (Å²) in [5.74, 6) is 1.64. The highest BCUT2D eigenvalue weighted by molar-refractivity contribution is 5.82. The largest absolute Gasteiger partial charge is 0.354 e. The molecule has 0 bridgehead atoms. The van der Waals surface area contributed by atoms with Crippen LogP contribution in [0.15, 0.2) is 24.4 Å². The lowest BCUT2D eigenvalue weighted by Gasteiger charge is -2.23. The summed E-state index contributed by atoms with van der Waals surface area (Å²) in [6, 6.07) is 5.75. The van der Waals surface area contributed by atoms with Crippen LogP contribution < -0.4 is 10.2 Å². The van der Waals surface area contributed by atoms with Crippen molar-refractivity contribution in [3.8, 4) is 11.5 Å². The Labute approximate surface area is 135 Å². The fraction of sp³-hybridized carbons (Fsp3) is 0.412. The molecule has 1 aliphatic heterocycles. The number of amides is 1. The van der Waals surface area contributed by atoms with Gasteiger partial charge in [-0.25, -0.2) is 9.97 Å². The summed E-state index contributed by atoms with van der Waals surface area (Å²) in [6.07, 6.45) is 5.76. The predicted octanol–water partition coefficient (Wildman–Crippen LogP) is 1.35. The summed E-state index contributed by atoms with van der Waals surface area (Å²) >= 11 is 0. The van der Waals surface area contributed by atoms with E-state index in [1.54, 1.807) is 6.20 Å². The minimum absolute atomic E-state index is 0.0623. The molecule has 2 aliphatic rings. The molecule has 2 aromatic rings. The van der Waals surface area contributed by atoms with E-state index in [4.69, 9.17) is 9.97 Å². The number of fused-ring (bicyclic) bond motifs is 1. The molecule has 3 heterocycles. The molecule has 0 saturated carbocycles. The van der Waals surface area contributed by atoms with E-state index in [-0.39, 0.29) is 5.91 Å². The molecule has 1 amide bonds. The normalized spacial score (nSPS) is 17.6. The number of hydrogen-bond acceptors (Lipinski definition) is 5. The van der Waals surface area contributed by atoms with Gasteiger partial charge < -0.3 is 10.2 Å². The van der Waals surface area contributed by atoms with Crippen molar-refractivity contribution in [1.82, 2.24) is 20.3 Å². The van der Waals surface area contributed by atoms with Gasteiger partial charge in [-0.2, -0.15) is 0 Å². The molecule has 0 radical (unpaired) electrons. The van der Waals surface area contributed by atoms with Gasteiger partial charge >= 0.3 is 0 Å². The van der Waals surface area contributed by atoms with Crippen molar-refractivity contribution in [2.75, 3.05) is 24.5 Å². The molecule has 1 aliphatic carbocycles. The quantitative estimate of drug-likeness (QED) is 0.907. The first-order valence-corrected chi connectivity index (χ1v) is 8.14. The van der Waals surface area contributed by atoms with Crippen molar-refractivity contribution < 1.29 is 4.79 Å². The van der Waals surface area contributed by atoms with E-state index in [1.165, 1.54) is 5.56 Å². The summed E-state index contributed by atoms with van der Waals surface area (Å²) in [7, 11) is 0. The van der Waals surface area contributed by atoms with Crippen LogP contribution in [0.3, 0.4) is 0 Å². The van der Waals surface area contributed by atoms with Gasteiger partial charge in [0.1, 0.15) is 11.5 Å². The molecule has 0 spiro atoms. The number of nitrogens with zero attached hydrogens (tertiary/aromatic N) is 4. The first-order chi connectivity index (χ1) is 11.3. The Morgan fingerprint density at radius 1 is 1.13 bits per heavy atom. The van der Waals surface area contributed by atoms with E-state index in [0.717, 1.165) is 56.0 Å². The zero-order chi connectivity index (χ0) is 15.6. The Hall–Kier alpha value is -2.50. The number of aromatic nitrogens is 3. The predicted molar refractivity (Wildman–Crippen MR) is 87.1 cm³/mol. The van der Waals surface area contributed by atoms with Crippen LogP contribution in [0.5, 0.6) is 0 Å². The molecule has 6 nitrogen and oxygen atoms in total. The summed E-state index contributed by atoms with van der Waals surface area (Å²) in [4.78, 5) is 27.9. The molecule has 23 heavy (non-hydrogen) atoms. The van der Waals surface area contributed by atoms with Crippen LogP contribution in [0.25, 0.3) is 11.5 Å². The summed E-state index contributed by atoms with van der Waals surface area (Å²) < 4.78 is 0. The topological polar surface area (TPSA) is 71.0 Å². The monoisotopic (exact) mass is 309 g/mol. The van der Waals surface area contributed by atoms with Crippen LogP contribution in [0.4, 0.5) is 5.82 Å². The number of carbonyl (C=O) groups is 1. The second-order valence-corrected chi connectivity index (χ2v) is 5.99. The molecule has 1 fully saturated rings. The van der Waals surface area contributed by atoms with Crippen LogP contribution in [0.1, 0.15) is 24.1 Å². The Morgan fingerprint density at radius 3 is 2.96 bits per heavy atom. The maximum atomic E-state index is 11.9. The number of pyridine rings is 1. The van der Waals surface area contributed by atoms with Gasteiger partial charge in [-0.15, -0.1) is 0 Å². The van der Waals surface area contributed by atoms with E-state index >= 15 is 0 Å². The molecule has 6 heteroatoms. The lowest BCUT2D eigenvalue weighted by Crippen LogP contribution is -2.34. The average molecular weight is 309 g/mol. The van der Waals surface area contributed by atoms with Crippen LogP contribution in [-0.2, 0) is 17.6 Å². The van der Waals surface area contributed by atoms with Crippen molar-refractivity contribution in [3.63, 3.8) is 0 Å². The van der Waals surface area contributed by atoms with Gasteiger partial charge in [0.15, 0.2) is 5.82 Å². The minimum Gasteiger partial charge on any atom is -0.354 e. The maximum Gasteiger partial charge on any atom is 0.239 e. The highest BCUT2D eigenvalue weighted by Crippen LogP contribution is 2.31. The fourth-order valence-electron chi connectivity index (χ4n) is 3.27. The van der Waals surface area contributed by atoms with Crippen molar-refractivity contribution in [1.29, 1.82) is 0 Å². The summed E-state index contributed by atoms with van der Waals surface area (Å²) in [6.45, 7) is 1.94. The second kappa shape index (κ2) is 5.95. The molecular weight excluding hydrogens is 290 g/mol. The summed E-state index contributed by atoms with van der Waals surface area (Å²) in [5, 5.41) is 2.92. The van der Waals surface area contributed by atoms with Gasteiger partial charge in [0.2, 0.25) is 5.91 Å². The number of hydrogen-bond donors (Lipinski definition) is 1. The molecular formula is C17H19N5O. The number of nitrogens with one attached hydrogen (secondary N) is 1. The molecule has 2 aromatic heterocycles. The van der Waals surface area contributed by atoms with Crippen molar-refractivity contribution in [2.45, 2.75) is 25.7 Å². The molecule has 4 rings (SSSR count). The number of aryl methyl sites for hydroxylation is 1. The van der Waals surface area contributed by atoms with Crippen molar-refractivity contribution in [2.24, 2.45) is 0 Å². The highest BCUT2D eigenvalue weighted by atomic mass is 16.2. The zero-order valence-electron chi connectivity index (χ0n) is 13.0. The molecule has 0 aromatic carbocycles. The van der Waals surface area contributed by atoms with Crippen molar-refractivity contribution >= 4 is 11.7 Å². The molecule has 0 atom stereocenters. The third kappa shape index (κ3) is 2.76. The zero-order valence-corrected chi connectivity index (χ0v) is 13.0. The molecule has 1 saturated heterocycles. The van der Waals surface area contributed by atoms with Gasteiger partial charge in [-0.3, -0.25) is 9.78 Å². The average Bonchev–Trinajstić information content (AvgIpc) is 2.96. The number of carbonyl (C=O) groups excluding carboxylic acids is 1. The van der Waals surface area contributed by atoms with Gasteiger partial charge in [-0.05, 0) is 37.8 Å². The maximum absolute atomic E-state index is 11.9. The third-order valence-corrected chi connectivity index (χ3v) is 4.37. The van der Waals surface area contributed by atoms with Crippen LogP contribution in [0.2, 0.25) is 0 Å². The van der Waals surface area contributed by atoms with Crippen LogP contribution >= 0.6 is 0 Å². The smallest absolute Gasteiger partial charge is 0.239 e. The van der Waals surface area contributed by atoms with Gasteiger partial charge in [0.25, 0.3) is 0 Å². The highest BCUT2D eigenvalue weighted by Gasteiger charge is 2.25. The number of anilines is 1. The lowest BCUT2D eigenvalue weighted by atomic mass is 10.2. The lowest BCUT2D eigenvalue weighted by molar-refractivity contribution is -0.119. The van der Waals surface area contributed by atoms with E-state index in [0.29, 0.717) is 12.4 Å². The standard InChI is InChI=1S/C17H19N5O/c23-15-11-22(10-4-9-19-15)17-12-5-3-7-13(12)20-16(21-17)14-6-1-2-8-18-14/h1-2,6,8H,3-5,7,9-11H2,(H,19,23). The van der Waals surface area contributed by atoms with Gasteiger partial charge in [-0.1, -0.05) is 6.07 Å². The van der Waals surface area contributed by atoms with E-state index < -0.39 is 0 Å². The SMILES string of the molecule is O=C1CN(c2nc(-c3ccccn3)nc3c2CCC3)CCCN1. The Morgan fingerprint density at radius 2 is 2.09 bits per heavy atom. The van der Waals surface area contributed by atoms with Gasteiger partial charge in [0, 0.05) is 30.5 Å². The second-order valence-electron chi connectivity index (χ2n) is 5.99. The minimum atomic E-state index is 0.0623. The van der Waals surface area contributed by atoms with Crippen molar-refractivity contribution in [3.05, 3.63) is 35.7 Å². The first-order valence-electron chi connectivity index (χ1n) is 8.14. The molecule has 118 valence electrons. The fourth-order valence-corrected chi connectivity index (χ4v) is 3.27. The Balaban J connectivity index is 1.79.